The maximum atomic E-state index is 12.7. The van der Waals surface area contributed by atoms with Crippen LogP contribution < -0.4 is 0 Å². The molecule has 0 unspecified atom stereocenters. The summed E-state index contributed by atoms with van der Waals surface area (Å²) in [6.07, 6.45) is -4.41. The van der Waals surface area contributed by atoms with Crippen molar-refractivity contribution >= 4 is 22.5 Å². The molecule has 0 fully saturated rings. The number of benzene rings is 1. The van der Waals surface area contributed by atoms with Crippen molar-refractivity contribution in [3.05, 3.63) is 40.5 Å². The van der Waals surface area contributed by atoms with Gasteiger partial charge in [0, 0.05) is 5.39 Å². The highest BCUT2D eigenvalue weighted by Crippen LogP contribution is 2.34. The Kier molecular flexibility index (Phi) is 2.54. The van der Waals surface area contributed by atoms with Crippen LogP contribution in [0, 0.1) is 6.92 Å². The first-order chi connectivity index (χ1) is 7.39. The Labute approximate surface area is 94.9 Å². The topological polar surface area (TPSA) is 12.9 Å². The Bertz CT molecular complexity index is 549. The average molecular weight is 246 g/mol. The van der Waals surface area contributed by atoms with Crippen LogP contribution in [-0.4, -0.2) is 4.98 Å². The molecule has 0 aliphatic rings. The van der Waals surface area contributed by atoms with E-state index in [1.165, 1.54) is 6.07 Å². The molecule has 1 aromatic heterocycles. The van der Waals surface area contributed by atoms with Crippen LogP contribution in [0.2, 0.25) is 5.15 Å². The summed E-state index contributed by atoms with van der Waals surface area (Å²) in [6, 6.07) is 5.54. The van der Waals surface area contributed by atoms with E-state index < -0.39 is 11.7 Å². The van der Waals surface area contributed by atoms with Gasteiger partial charge < -0.3 is 0 Å². The zero-order chi connectivity index (χ0) is 11.9. The molecule has 5 heteroatoms. The van der Waals surface area contributed by atoms with E-state index in [2.05, 4.69) is 4.98 Å². The summed E-state index contributed by atoms with van der Waals surface area (Å²) in [4.78, 5) is 3.79. The van der Waals surface area contributed by atoms with Crippen LogP contribution in [0.25, 0.3) is 10.9 Å². The number of rotatable bonds is 0. The third-order valence-corrected chi connectivity index (χ3v) is 2.66. The van der Waals surface area contributed by atoms with Crippen LogP contribution in [0.1, 0.15) is 11.1 Å². The van der Waals surface area contributed by atoms with Gasteiger partial charge in [0.25, 0.3) is 0 Å². The number of hydrogen-bond acceptors (Lipinski definition) is 1. The predicted octanol–water partition coefficient (Wildman–Crippen LogP) is 4.22. The van der Waals surface area contributed by atoms with Gasteiger partial charge in [0.1, 0.15) is 5.15 Å². The number of pyridine rings is 1. The van der Waals surface area contributed by atoms with Gasteiger partial charge in [-0.3, -0.25) is 0 Å². The minimum absolute atomic E-state index is 0.101. The van der Waals surface area contributed by atoms with Crippen molar-refractivity contribution in [2.45, 2.75) is 13.1 Å². The molecule has 0 amide bonds. The first kappa shape index (κ1) is 11.2. The zero-order valence-corrected chi connectivity index (χ0v) is 9.02. The Hall–Kier alpha value is -1.29. The second-order valence-corrected chi connectivity index (χ2v) is 3.83. The smallest absolute Gasteiger partial charge is 0.235 e. The largest absolute Gasteiger partial charge is 0.418 e. The fraction of sp³-hybridized carbons (Fsp3) is 0.182. The number of para-hydroxylation sites is 1. The summed E-state index contributed by atoms with van der Waals surface area (Å²) in [6.45, 7) is 1.70. The molecule has 16 heavy (non-hydrogen) atoms. The molecule has 2 aromatic rings. The molecule has 0 atom stereocenters. The van der Waals surface area contributed by atoms with Gasteiger partial charge in [-0.2, -0.15) is 13.2 Å². The maximum Gasteiger partial charge on any atom is 0.418 e. The second kappa shape index (κ2) is 3.63. The van der Waals surface area contributed by atoms with Gasteiger partial charge in [-0.25, -0.2) is 4.98 Å². The molecule has 0 aliphatic heterocycles. The summed E-state index contributed by atoms with van der Waals surface area (Å²) in [5, 5.41) is 0.543. The van der Waals surface area contributed by atoms with Crippen molar-refractivity contribution in [3.63, 3.8) is 0 Å². The lowest BCUT2D eigenvalue weighted by Crippen LogP contribution is -2.06. The summed E-state index contributed by atoms with van der Waals surface area (Å²) >= 11 is 5.73. The standard InChI is InChI=1S/C11H7ClF3N/c1-6-5-7-3-2-4-8(11(13,14)15)9(7)16-10(6)12/h2-5H,1H3. The van der Waals surface area contributed by atoms with E-state index in [0.717, 1.165) is 6.07 Å². The lowest BCUT2D eigenvalue weighted by molar-refractivity contribution is -0.136. The van der Waals surface area contributed by atoms with Gasteiger partial charge in [-0.1, -0.05) is 23.7 Å². The Morgan fingerprint density at radius 1 is 1.25 bits per heavy atom. The van der Waals surface area contributed by atoms with E-state index >= 15 is 0 Å². The van der Waals surface area contributed by atoms with Gasteiger partial charge >= 0.3 is 6.18 Å². The highest BCUT2D eigenvalue weighted by atomic mass is 35.5. The van der Waals surface area contributed by atoms with E-state index in [1.54, 1.807) is 19.1 Å². The number of alkyl halides is 3. The fourth-order valence-corrected chi connectivity index (χ4v) is 1.65. The summed E-state index contributed by atoms with van der Waals surface area (Å²) < 4.78 is 38.0. The lowest BCUT2D eigenvalue weighted by atomic mass is 10.1. The molecule has 84 valence electrons. The Morgan fingerprint density at radius 2 is 1.94 bits per heavy atom. The van der Waals surface area contributed by atoms with Crippen molar-refractivity contribution < 1.29 is 13.2 Å². The van der Waals surface area contributed by atoms with E-state index in [-0.39, 0.29) is 10.7 Å². The molecule has 1 aromatic carbocycles. The van der Waals surface area contributed by atoms with E-state index in [9.17, 15) is 13.2 Å². The molecule has 1 heterocycles. The van der Waals surface area contributed by atoms with Crippen LogP contribution in [0.4, 0.5) is 13.2 Å². The molecule has 1 nitrogen and oxygen atoms in total. The monoisotopic (exact) mass is 245 g/mol. The molecule has 0 aliphatic carbocycles. The second-order valence-electron chi connectivity index (χ2n) is 3.47. The van der Waals surface area contributed by atoms with E-state index in [4.69, 9.17) is 11.6 Å². The van der Waals surface area contributed by atoms with E-state index in [1.807, 2.05) is 0 Å². The van der Waals surface area contributed by atoms with Crippen molar-refractivity contribution in [2.75, 3.05) is 0 Å². The van der Waals surface area contributed by atoms with Crippen LogP contribution >= 0.6 is 11.6 Å². The molecular formula is C11H7ClF3N. The molecule has 0 saturated heterocycles. The van der Waals surface area contributed by atoms with Gasteiger partial charge in [0.15, 0.2) is 0 Å². The van der Waals surface area contributed by atoms with Crippen molar-refractivity contribution in [3.8, 4) is 0 Å². The molecule has 0 bridgehead atoms. The number of fused-ring (bicyclic) bond motifs is 1. The molecule has 0 spiro atoms. The summed E-state index contributed by atoms with van der Waals surface area (Å²) in [5.41, 5.74) is -0.203. The van der Waals surface area contributed by atoms with Gasteiger partial charge in [-0.15, -0.1) is 0 Å². The van der Waals surface area contributed by atoms with E-state index in [0.29, 0.717) is 10.9 Å². The van der Waals surface area contributed by atoms with Gasteiger partial charge in [0.2, 0.25) is 0 Å². The average Bonchev–Trinajstić information content (AvgIpc) is 2.17. The highest BCUT2D eigenvalue weighted by molar-refractivity contribution is 6.30. The van der Waals surface area contributed by atoms with Crippen molar-refractivity contribution in [1.29, 1.82) is 0 Å². The number of aromatic nitrogens is 1. The van der Waals surface area contributed by atoms with Crippen LogP contribution in [0.5, 0.6) is 0 Å². The minimum Gasteiger partial charge on any atom is -0.235 e. The van der Waals surface area contributed by atoms with Gasteiger partial charge in [0.05, 0.1) is 11.1 Å². The normalized spacial score (nSPS) is 12.1. The van der Waals surface area contributed by atoms with Crippen LogP contribution in [0.3, 0.4) is 0 Å². The zero-order valence-electron chi connectivity index (χ0n) is 8.27. The molecule has 0 radical (unpaired) electrons. The quantitative estimate of drug-likeness (QED) is 0.634. The van der Waals surface area contributed by atoms with Gasteiger partial charge in [-0.05, 0) is 24.6 Å². The number of nitrogens with zero attached hydrogens (tertiary/aromatic N) is 1. The van der Waals surface area contributed by atoms with Crippen molar-refractivity contribution in [1.82, 2.24) is 4.98 Å². The summed E-state index contributed by atoms with van der Waals surface area (Å²) in [7, 11) is 0. The summed E-state index contributed by atoms with van der Waals surface area (Å²) in [5.74, 6) is 0. The molecular weight excluding hydrogens is 239 g/mol. The SMILES string of the molecule is Cc1cc2cccc(C(F)(F)F)c2nc1Cl. The lowest BCUT2D eigenvalue weighted by Gasteiger charge is -2.10. The minimum atomic E-state index is -4.41. The number of aryl methyl sites for hydroxylation is 1. The molecule has 0 saturated carbocycles. The Morgan fingerprint density at radius 3 is 2.56 bits per heavy atom. The van der Waals surface area contributed by atoms with Crippen LogP contribution in [0.15, 0.2) is 24.3 Å². The molecule has 0 N–H and O–H groups in total. The third kappa shape index (κ3) is 1.85. The Balaban J connectivity index is 2.82. The first-order valence-corrected chi connectivity index (χ1v) is 4.90. The van der Waals surface area contributed by atoms with Crippen LogP contribution in [-0.2, 0) is 6.18 Å². The number of hydrogen-bond donors (Lipinski definition) is 0. The maximum absolute atomic E-state index is 12.7. The molecule has 2 rings (SSSR count). The highest BCUT2D eigenvalue weighted by Gasteiger charge is 2.33. The van der Waals surface area contributed by atoms with Crippen molar-refractivity contribution in [2.24, 2.45) is 0 Å². The first-order valence-electron chi connectivity index (χ1n) is 4.52. The fourth-order valence-electron chi connectivity index (χ4n) is 1.51. The third-order valence-electron chi connectivity index (χ3n) is 2.28. The predicted molar refractivity (Wildman–Crippen MR) is 56.5 cm³/mol. The number of halogens is 4.